The van der Waals surface area contributed by atoms with Crippen molar-refractivity contribution in [1.82, 2.24) is 4.98 Å². The molecule has 100 valence electrons. The normalized spacial score (nSPS) is 11.3. The van der Waals surface area contributed by atoms with E-state index >= 15 is 0 Å². The third kappa shape index (κ3) is 3.75. The highest BCUT2D eigenvalue weighted by Gasteiger charge is 2.15. The van der Waals surface area contributed by atoms with Gasteiger partial charge in [0.1, 0.15) is 0 Å². The van der Waals surface area contributed by atoms with Crippen molar-refractivity contribution in [2.45, 2.75) is 34.1 Å². The molecule has 1 aromatic heterocycles. The summed E-state index contributed by atoms with van der Waals surface area (Å²) in [6.45, 7) is 8.00. The van der Waals surface area contributed by atoms with Crippen LogP contribution in [0.2, 0.25) is 0 Å². The summed E-state index contributed by atoms with van der Waals surface area (Å²) in [6, 6.07) is 14.3. The molecule has 19 heavy (non-hydrogen) atoms. The Hall–Kier alpha value is -1.96. The molecule has 0 saturated heterocycles. The van der Waals surface area contributed by atoms with E-state index in [0.717, 1.165) is 18.0 Å². The van der Waals surface area contributed by atoms with Gasteiger partial charge in [0.05, 0.1) is 5.71 Å². The summed E-state index contributed by atoms with van der Waals surface area (Å²) in [7, 11) is 0. The quantitative estimate of drug-likeness (QED) is 0.716. The van der Waals surface area contributed by atoms with E-state index in [4.69, 9.17) is 0 Å². The van der Waals surface area contributed by atoms with E-state index in [9.17, 15) is 0 Å². The van der Waals surface area contributed by atoms with Gasteiger partial charge in [-0.05, 0) is 11.6 Å². The minimum atomic E-state index is 0.872. The maximum atomic E-state index is 4.53. The summed E-state index contributed by atoms with van der Waals surface area (Å²) < 4.78 is 0. The van der Waals surface area contributed by atoms with Gasteiger partial charge in [-0.2, -0.15) is 0 Å². The molecule has 1 aliphatic heterocycles. The van der Waals surface area contributed by atoms with Crippen molar-refractivity contribution in [3.8, 4) is 0 Å². The molecule has 2 aromatic rings. The summed E-state index contributed by atoms with van der Waals surface area (Å²) in [5.41, 5.74) is 3.52. The monoisotopic (exact) mass is 254 g/mol. The fourth-order valence-corrected chi connectivity index (χ4v) is 1.81. The highest BCUT2D eigenvalue weighted by Crippen LogP contribution is 2.25. The maximum Gasteiger partial charge on any atom is 0.155 e. The number of pyridine rings is 1. The van der Waals surface area contributed by atoms with E-state index in [1.54, 1.807) is 6.20 Å². The second-order valence-corrected chi connectivity index (χ2v) is 3.59. The molecule has 0 aliphatic carbocycles. The first-order valence-corrected chi connectivity index (χ1v) is 7.00. The molecule has 1 aliphatic rings. The summed E-state index contributed by atoms with van der Waals surface area (Å²) in [4.78, 5) is 8.77. The third-order valence-electron chi connectivity index (χ3n) is 2.57. The zero-order valence-corrected chi connectivity index (χ0v) is 12.2. The lowest BCUT2D eigenvalue weighted by molar-refractivity contribution is 1.25. The molecule has 0 N–H and O–H groups in total. The van der Waals surface area contributed by atoms with Gasteiger partial charge in [0.15, 0.2) is 5.82 Å². The van der Waals surface area contributed by atoms with E-state index in [1.165, 1.54) is 11.1 Å². The van der Waals surface area contributed by atoms with Crippen LogP contribution in [0.4, 0.5) is 5.82 Å². The van der Waals surface area contributed by atoms with E-state index in [0.29, 0.717) is 0 Å². The summed E-state index contributed by atoms with van der Waals surface area (Å²) in [5.74, 6) is 0.872. The molecular weight excluding hydrogens is 232 g/mol. The Kier molecular flexibility index (Phi) is 6.51. The number of fused-ring (bicyclic) bond motifs is 1. The largest absolute Gasteiger partial charge is 0.237 e. The fourth-order valence-electron chi connectivity index (χ4n) is 1.81. The van der Waals surface area contributed by atoms with Gasteiger partial charge in [-0.1, -0.05) is 64.1 Å². The Bertz CT molecular complexity index is 516. The molecular formula is C17H22N2. The Balaban J connectivity index is 0.000000415. The zero-order chi connectivity index (χ0) is 14.1. The Morgan fingerprint density at radius 3 is 2.16 bits per heavy atom. The number of aromatic nitrogens is 1. The fraction of sp³-hybridized carbons (Fsp3) is 0.294. The van der Waals surface area contributed by atoms with E-state index in [-0.39, 0.29) is 0 Å². The second-order valence-electron chi connectivity index (χ2n) is 3.59. The van der Waals surface area contributed by atoms with Crippen molar-refractivity contribution >= 4 is 11.5 Å². The smallest absolute Gasteiger partial charge is 0.155 e. The number of aliphatic imine (C=N–C) groups is 1. The van der Waals surface area contributed by atoms with Gasteiger partial charge in [0, 0.05) is 18.2 Å². The average molecular weight is 254 g/mol. The van der Waals surface area contributed by atoms with Crippen LogP contribution in [0.15, 0.2) is 53.7 Å². The molecule has 1 aromatic carbocycles. The number of rotatable bonds is 1. The third-order valence-corrected chi connectivity index (χ3v) is 2.57. The molecule has 0 bridgehead atoms. The first-order chi connectivity index (χ1) is 9.43. The number of benzene rings is 1. The molecule has 3 rings (SSSR count). The van der Waals surface area contributed by atoms with Crippen LogP contribution in [-0.4, -0.2) is 10.7 Å². The molecule has 0 unspecified atom stereocenters. The van der Waals surface area contributed by atoms with Gasteiger partial charge in [-0.15, -0.1) is 0 Å². The van der Waals surface area contributed by atoms with E-state index < -0.39 is 0 Å². The van der Waals surface area contributed by atoms with Crippen LogP contribution in [0.25, 0.3) is 0 Å². The van der Waals surface area contributed by atoms with Crippen LogP contribution in [0.1, 0.15) is 38.8 Å². The first kappa shape index (κ1) is 15.1. The molecule has 0 fully saturated rings. The van der Waals surface area contributed by atoms with Crippen molar-refractivity contribution in [3.63, 3.8) is 0 Å². The van der Waals surface area contributed by atoms with Crippen molar-refractivity contribution in [3.05, 3.63) is 59.8 Å². The summed E-state index contributed by atoms with van der Waals surface area (Å²) >= 11 is 0. The first-order valence-electron chi connectivity index (χ1n) is 7.00. The standard InChI is InChI=1S/C13H10N2.2C2H6/c1-2-5-10(6-3-1)12-9-11-7-4-8-14-13(11)15-12;2*1-2/h1-8H,9H2;2*1-2H3. The SMILES string of the molecule is CC.CC.c1ccc(C2=Nc3ncccc3C2)cc1. The highest BCUT2D eigenvalue weighted by atomic mass is 14.9. The molecule has 0 spiro atoms. The van der Waals surface area contributed by atoms with Crippen LogP contribution >= 0.6 is 0 Å². The second kappa shape index (κ2) is 8.20. The number of nitrogens with zero attached hydrogens (tertiary/aromatic N) is 2. The molecule has 0 amide bonds. The topological polar surface area (TPSA) is 25.2 Å². The lowest BCUT2D eigenvalue weighted by atomic mass is 10.1. The predicted molar refractivity (Wildman–Crippen MR) is 83.3 cm³/mol. The molecule has 0 radical (unpaired) electrons. The van der Waals surface area contributed by atoms with Gasteiger partial charge in [-0.3, -0.25) is 0 Å². The van der Waals surface area contributed by atoms with E-state index in [1.807, 2.05) is 52.0 Å². The van der Waals surface area contributed by atoms with Gasteiger partial charge >= 0.3 is 0 Å². The Morgan fingerprint density at radius 1 is 0.842 bits per heavy atom. The molecule has 0 saturated carbocycles. The minimum absolute atomic E-state index is 0.872. The van der Waals surface area contributed by atoms with Crippen LogP contribution < -0.4 is 0 Å². The van der Waals surface area contributed by atoms with Crippen LogP contribution in [0.5, 0.6) is 0 Å². The maximum absolute atomic E-state index is 4.53. The molecule has 2 heterocycles. The molecule has 0 atom stereocenters. The van der Waals surface area contributed by atoms with Gasteiger partial charge < -0.3 is 0 Å². The van der Waals surface area contributed by atoms with Crippen molar-refractivity contribution in [2.75, 3.05) is 0 Å². The van der Waals surface area contributed by atoms with Crippen LogP contribution in [-0.2, 0) is 6.42 Å². The molecule has 2 heteroatoms. The zero-order valence-electron chi connectivity index (χ0n) is 12.2. The van der Waals surface area contributed by atoms with Crippen molar-refractivity contribution in [1.29, 1.82) is 0 Å². The van der Waals surface area contributed by atoms with Crippen LogP contribution in [0, 0.1) is 0 Å². The number of hydrogen-bond acceptors (Lipinski definition) is 2. The Labute approximate surface area is 116 Å². The summed E-state index contributed by atoms with van der Waals surface area (Å²) in [6.07, 6.45) is 2.68. The lowest BCUT2D eigenvalue weighted by Crippen LogP contribution is -1.99. The average Bonchev–Trinajstić information content (AvgIpc) is 2.96. The number of hydrogen-bond donors (Lipinski definition) is 0. The van der Waals surface area contributed by atoms with Gasteiger partial charge in [-0.25, -0.2) is 9.98 Å². The predicted octanol–water partition coefficient (Wildman–Crippen LogP) is 4.81. The summed E-state index contributed by atoms with van der Waals surface area (Å²) in [5, 5.41) is 0. The highest BCUT2D eigenvalue weighted by molar-refractivity contribution is 6.05. The Morgan fingerprint density at radius 2 is 1.53 bits per heavy atom. The van der Waals surface area contributed by atoms with Gasteiger partial charge in [0.25, 0.3) is 0 Å². The van der Waals surface area contributed by atoms with Crippen LogP contribution in [0.3, 0.4) is 0 Å². The van der Waals surface area contributed by atoms with E-state index in [2.05, 4.69) is 28.2 Å². The van der Waals surface area contributed by atoms with Crippen molar-refractivity contribution < 1.29 is 0 Å². The van der Waals surface area contributed by atoms with Crippen molar-refractivity contribution in [2.24, 2.45) is 4.99 Å². The molecule has 2 nitrogen and oxygen atoms in total. The lowest BCUT2D eigenvalue weighted by Gasteiger charge is -1.97. The minimum Gasteiger partial charge on any atom is -0.237 e. The van der Waals surface area contributed by atoms with Gasteiger partial charge in [0.2, 0.25) is 0 Å².